The van der Waals surface area contributed by atoms with Crippen LogP contribution in [0.3, 0.4) is 0 Å². The van der Waals surface area contributed by atoms with Crippen LogP contribution in [-0.2, 0) is 9.53 Å². The van der Waals surface area contributed by atoms with Gasteiger partial charge in [-0.25, -0.2) is 0 Å². The molecule has 0 aromatic carbocycles. The van der Waals surface area contributed by atoms with E-state index in [1.807, 2.05) is 0 Å². The summed E-state index contributed by atoms with van der Waals surface area (Å²) < 4.78 is 4.97. The van der Waals surface area contributed by atoms with Gasteiger partial charge in [0, 0.05) is 6.42 Å². The third kappa shape index (κ3) is 7.92. The summed E-state index contributed by atoms with van der Waals surface area (Å²) in [5.41, 5.74) is 0. The summed E-state index contributed by atoms with van der Waals surface area (Å²) in [5, 5.41) is 0. The van der Waals surface area contributed by atoms with Crippen LogP contribution < -0.4 is 0 Å². The van der Waals surface area contributed by atoms with Crippen molar-refractivity contribution in [3.63, 3.8) is 0 Å². The molecule has 0 saturated carbocycles. The topological polar surface area (TPSA) is 26.3 Å². The highest BCUT2D eigenvalue weighted by molar-refractivity contribution is 7.80. The molecule has 0 spiro atoms. The van der Waals surface area contributed by atoms with Crippen LogP contribution in [0.1, 0.15) is 39.0 Å². The molecule has 0 aliphatic rings. The van der Waals surface area contributed by atoms with Gasteiger partial charge in [-0.15, -0.1) is 0 Å². The maximum atomic E-state index is 10.9. The van der Waals surface area contributed by atoms with Gasteiger partial charge in [0.2, 0.25) is 0 Å². The lowest BCUT2D eigenvalue weighted by Crippen LogP contribution is -2.05. The second-order valence-corrected chi connectivity index (χ2v) is 3.20. The quantitative estimate of drug-likeness (QED) is 0.379. The largest absolute Gasteiger partial charge is 0.466 e. The molecule has 0 radical (unpaired) electrons. The Morgan fingerprint density at radius 1 is 1.33 bits per heavy atom. The van der Waals surface area contributed by atoms with E-state index in [0.29, 0.717) is 13.0 Å². The molecule has 3 heteroatoms. The molecule has 12 heavy (non-hydrogen) atoms. The van der Waals surface area contributed by atoms with Gasteiger partial charge in [-0.05, 0) is 18.6 Å². The zero-order valence-electron chi connectivity index (χ0n) is 7.71. The molecular formula is C9H18O2S. The fourth-order valence-electron chi connectivity index (χ4n) is 0.834. The summed E-state index contributed by atoms with van der Waals surface area (Å²) >= 11 is 4.01. The summed E-state index contributed by atoms with van der Waals surface area (Å²) in [6, 6.07) is 0. The molecule has 0 aliphatic heterocycles. The predicted octanol–water partition coefficient (Wildman–Crippen LogP) is 2.43. The van der Waals surface area contributed by atoms with Crippen LogP contribution in [0.2, 0.25) is 0 Å². The highest BCUT2D eigenvalue weighted by Gasteiger charge is 2.00. The van der Waals surface area contributed by atoms with Crippen molar-refractivity contribution in [1.82, 2.24) is 0 Å². The fourth-order valence-corrected chi connectivity index (χ4v) is 0.992. The first kappa shape index (κ1) is 11.8. The van der Waals surface area contributed by atoms with E-state index in [9.17, 15) is 4.79 Å². The Hall–Kier alpha value is -0.180. The van der Waals surface area contributed by atoms with Crippen molar-refractivity contribution in [2.24, 2.45) is 0 Å². The van der Waals surface area contributed by atoms with E-state index in [0.717, 1.165) is 31.4 Å². The maximum absolute atomic E-state index is 10.9. The number of thiol groups is 1. The molecule has 0 N–H and O–H groups in total. The van der Waals surface area contributed by atoms with Gasteiger partial charge in [0.05, 0.1) is 6.61 Å². The van der Waals surface area contributed by atoms with Crippen LogP contribution in [-0.4, -0.2) is 18.3 Å². The van der Waals surface area contributed by atoms with Crippen molar-refractivity contribution in [3.8, 4) is 0 Å². The third-order valence-corrected chi connectivity index (χ3v) is 1.87. The third-order valence-electron chi connectivity index (χ3n) is 1.55. The Morgan fingerprint density at radius 2 is 2.08 bits per heavy atom. The van der Waals surface area contributed by atoms with Crippen molar-refractivity contribution in [2.75, 3.05) is 12.4 Å². The lowest BCUT2D eigenvalue weighted by molar-refractivity contribution is -0.143. The number of hydrogen-bond acceptors (Lipinski definition) is 3. The van der Waals surface area contributed by atoms with E-state index >= 15 is 0 Å². The average Bonchev–Trinajstić information content (AvgIpc) is 2.09. The van der Waals surface area contributed by atoms with E-state index in [4.69, 9.17) is 4.74 Å². The number of hydrogen-bond donors (Lipinski definition) is 1. The fraction of sp³-hybridized carbons (Fsp3) is 0.889. The number of unbranched alkanes of at least 4 members (excludes halogenated alkanes) is 2. The summed E-state index contributed by atoms with van der Waals surface area (Å²) in [5.74, 6) is 0.671. The molecule has 0 aromatic rings. The predicted molar refractivity (Wildman–Crippen MR) is 53.6 cm³/mol. The normalized spacial score (nSPS) is 9.83. The molecule has 0 saturated heterocycles. The molecule has 0 heterocycles. The van der Waals surface area contributed by atoms with Crippen LogP contribution in [0.25, 0.3) is 0 Å². The highest BCUT2D eigenvalue weighted by atomic mass is 32.1. The SMILES string of the molecule is CCCCCOC(=O)CCCS. The minimum absolute atomic E-state index is 0.0832. The summed E-state index contributed by atoms with van der Waals surface area (Å²) in [6.07, 6.45) is 4.61. The number of ether oxygens (including phenoxy) is 1. The van der Waals surface area contributed by atoms with E-state index < -0.39 is 0 Å². The average molecular weight is 190 g/mol. The molecule has 0 aromatic heterocycles. The molecule has 0 bridgehead atoms. The molecule has 72 valence electrons. The van der Waals surface area contributed by atoms with Gasteiger partial charge in [-0.2, -0.15) is 12.6 Å². The van der Waals surface area contributed by atoms with Gasteiger partial charge < -0.3 is 4.74 Å². The molecule has 0 rings (SSSR count). The van der Waals surface area contributed by atoms with E-state index in [-0.39, 0.29) is 5.97 Å². The standard InChI is InChI=1S/C9H18O2S/c1-2-3-4-7-11-9(10)6-5-8-12/h12H,2-8H2,1H3. The van der Waals surface area contributed by atoms with E-state index in [1.165, 1.54) is 0 Å². The van der Waals surface area contributed by atoms with Crippen molar-refractivity contribution >= 4 is 18.6 Å². The van der Waals surface area contributed by atoms with E-state index in [1.54, 1.807) is 0 Å². The smallest absolute Gasteiger partial charge is 0.305 e. The van der Waals surface area contributed by atoms with Crippen molar-refractivity contribution in [1.29, 1.82) is 0 Å². The molecule has 0 amide bonds. The molecule has 0 fully saturated rings. The first-order valence-electron chi connectivity index (χ1n) is 4.57. The van der Waals surface area contributed by atoms with Crippen LogP contribution in [0.4, 0.5) is 0 Å². The Morgan fingerprint density at radius 3 is 2.67 bits per heavy atom. The monoisotopic (exact) mass is 190 g/mol. The minimum Gasteiger partial charge on any atom is -0.466 e. The second-order valence-electron chi connectivity index (χ2n) is 2.75. The van der Waals surface area contributed by atoms with Gasteiger partial charge in [-0.3, -0.25) is 4.79 Å². The minimum atomic E-state index is -0.0832. The first-order chi connectivity index (χ1) is 5.81. The lowest BCUT2D eigenvalue weighted by atomic mass is 10.3. The van der Waals surface area contributed by atoms with Crippen molar-refractivity contribution in [3.05, 3.63) is 0 Å². The van der Waals surface area contributed by atoms with Crippen molar-refractivity contribution in [2.45, 2.75) is 39.0 Å². The van der Waals surface area contributed by atoms with Crippen LogP contribution >= 0.6 is 12.6 Å². The van der Waals surface area contributed by atoms with Gasteiger partial charge in [0.15, 0.2) is 0 Å². The molecule has 0 atom stereocenters. The van der Waals surface area contributed by atoms with Gasteiger partial charge in [0.1, 0.15) is 0 Å². The Balaban J connectivity index is 3.08. The lowest BCUT2D eigenvalue weighted by Gasteiger charge is -2.02. The van der Waals surface area contributed by atoms with Crippen molar-refractivity contribution < 1.29 is 9.53 Å². The van der Waals surface area contributed by atoms with Crippen LogP contribution in [0.5, 0.6) is 0 Å². The first-order valence-corrected chi connectivity index (χ1v) is 5.21. The number of esters is 1. The molecular weight excluding hydrogens is 172 g/mol. The second kappa shape index (κ2) is 8.91. The Kier molecular flexibility index (Phi) is 8.78. The summed E-state index contributed by atoms with van der Waals surface area (Å²) in [4.78, 5) is 10.9. The molecule has 0 aliphatic carbocycles. The number of carbonyl (C=O) groups excluding carboxylic acids is 1. The summed E-state index contributed by atoms with van der Waals surface area (Å²) in [6.45, 7) is 2.71. The van der Waals surface area contributed by atoms with E-state index in [2.05, 4.69) is 19.6 Å². The number of rotatable bonds is 7. The maximum Gasteiger partial charge on any atom is 0.305 e. The van der Waals surface area contributed by atoms with Gasteiger partial charge in [0.25, 0.3) is 0 Å². The number of carbonyl (C=O) groups is 1. The van der Waals surface area contributed by atoms with Gasteiger partial charge in [-0.1, -0.05) is 19.8 Å². The molecule has 2 nitrogen and oxygen atoms in total. The zero-order valence-corrected chi connectivity index (χ0v) is 8.61. The highest BCUT2D eigenvalue weighted by Crippen LogP contribution is 1.98. The Labute approximate surface area is 80.1 Å². The Bertz CT molecular complexity index is 115. The van der Waals surface area contributed by atoms with Gasteiger partial charge >= 0.3 is 5.97 Å². The zero-order chi connectivity index (χ0) is 9.23. The van der Waals surface area contributed by atoms with Crippen LogP contribution in [0, 0.1) is 0 Å². The van der Waals surface area contributed by atoms with Crippen LogP contribution in [0.15, 0.2) is 0 Å². The summed E-state index contributed by atoms with van der Waals surface area (Å²) in [7, 11) is 0. The molecule has 0 unspecified atom stereocenters.